The van der Waals surface area contributed by atoms with Crippen LogP contribution < -0.4 is 5.32 Å². The number of hydrogen-bond donors (Lipinski definition) is 1. The van der Waals surface area contributed by atoms with Crippen LogP contribution >= 0.6 is 38.9 Å². The van der Waals surface area contributed by atoms with Crippen molar-refractivity contribution in [1.82, 2.24) is 5.32 Å². The Labute approximate surface area is 120 Å². The highest BCUT2D eigenvalue weighted by atomic mass is 79.9. The van der Waals surface area contributed by atoms with E-state index in [0.717, 1.165) is 22.3 Å². The minimum absolute atomic E-state index is 0.0935. The average Bonchev–Trinajstić information content (AvgIpc) is 2.52. The Morgan fingerprint density at radius 2 is 2.24 bits per heavy atom. The number of nitrogens with one attached hydrogen (secondary N) is 1. The largest absolute Gasteiger partial charge is 0.308 e. The molecule has 0 aromatic carbocycles. The summed E-state index contributed by atoms with van der Waals surface area (Å²) in [5, 5.41) is 3.23. The van der Waals surface area contributed by atoms with Crippen molar-refractivity contribution in [2.75, 3.05) is 18.6 Å². The van der Waals surface area contributed by atoms with E-state index >= 15 is 0 Å². The molecule has 0 bridgehead atoms. The van der Waals surface area contributed by atoms with Crippen LogP contribution in [0.4, 0.5) is 0 Å². The Kier molecular flexibility index (Phi) is 5.92. The lowest BCUT2D eigenvalue weighted by Gasteiger charge is -2.15. The lowest BCUT2D eigenvalue weighted by molar-refractivity contribution is 0.554. The summed E-state index contributed by atoms with van der Waals surface area (Å²) in [5.74, 6) is 0.0935. The van der Waals surface area contributed by atoms with Gasteiger partial charge in [0.2, 0.25) is 0 Å². The SMILES string of the molecule is CCCNC(CS(C)(=O)=O)c1cc(Br)c(Cl)s1. The monoisotopic (exact) mass is 359 g/mol. The van der Waals surface area contributed by atoms with E-state index in [1.165, 1.54) is 17.6 Å². The Bertz CT molecular complexity index is 453. The van der Waals surface area contributed by atoms with Gasteiger partial charge in [0, 0.05) is 15.6 Å². The molecule has 1 unspecified atom stereocenters. The van der Waals surface area contributed by atoms with Crippen molar-refractivity contribution in [3.8, 4) is 0 Å². The second-order valence-corrected chi connectivity index (χ2v) is 8.59. The van der Waals surface area contributed by atoms with Crippen LogP contribution in [0.2, 0.25) is 4.34 Å². The van der Waals surface area contributed by atoms with Gasteiger partial charge in [-0.3, -0.25) is 0 Å². The molecule has 0 amide bonds. The normalized spacial score (nSPS) is 13.9. The first-order chi connectivity index (χ1) is 7.83. The molecule has 1 rings (SSSR count). The Balaban J connectivity index is 2.89. The van der Waals surface area contributed by atoms with Gasteiger partial charge < -0.3 is 5.32 Å². The lowest BCUT2D eigenvalue weighted by atomic mass is 10.2. The van der Waals surface area contributed by atoms with Crippen LogP contribution in [-0.2, 0) is 9.84 Å². The van der Waals surface area contributed by atoms with E-state index in [4.69, 9.17) is 11.6 Å². The predicted octanol–water partition coefficient (Wildman–Crippen LogP) is 3.25. The van der Waals surface area contributed by atoms with Crippen molar-refractivity contribution in [2.24, 2.45) is 0 Å². The molecule has 0 aliphatic carbocycles. The minimum atomic E-state index is -3.02. The van der Waals surface area contributed by atoms with Crippen LogP contribution in [0.3, 0.4) is 0 Å². The van der Waals surface area contributed by atoms with Gasteiger partial charge in [-0.25, -0.2) is 8.42 Å². The van der Waals surface area contributed by atoms with Crippen molar-refractivity contribution in [3.05, 3.63) is 19.8 Å². The Morgan fingerprint density at radius 3 is 2.65 bits per heavy atom. The minimum Gasteiger partial charge on any atom is -0.308 e. The summed E-state index contributed by atoms with van der Waals surface area (Å²) in [6.45, 7) is 2.83. The van der Waals surface area contributed by atoms with Gasteiger partial charge >= 0.3 is 0 Å². The van der Waals surface area contributed by atoms with Gasteiger partial charge in [0.05, 0.1) is 11.8 Å². The molecular weight excluding hydrogens is 346 g/mol. The summed E-state index contributed by atoms with van der Waals surface area (Å²) < 4.78 is 24.2. The van der Waals surface area contributed by atoms with E-state index in [1.807, 2.05) is 13.0 Å². The molecule has 0 radical (unpaired) electrons. The first kappa shape index (κ1) is 15.4. The zero-order chi connectivity index (χ0) is 13.1. The molecule has 3 nitrogen and oxygen atoms in total. The summed E-state index contributed by atoms with van der Waals surface area (Å²) in [6.07, 6.45) is 2.21. The Morgan fingerprint density at radius 1 is 1.59 bits per heavy atom. The Hall–Kier alpha value is 0.380. The van der Waals surface area contributed by atoms with Crippen molar-refractivity contribution in [2.45, 2.75) is 19.4 Å². The zero-order valence-electron chi connectivity index (χ0n) is 9.66. The molecule has 0 aliphatic rings. The topological polar surface area (TPSA) is 46.2 Å². The fourth-order valence-corrected chi connectivity index (χ4v) is 4.22. The molecule has 7 heteroatoms. The molecule has 0 saturated heterocycles. The fourth-order valence-electron chi connectivity index (χ4n) is 1.40. The van der Waals surface area contributed by atoms with Crippen molar-refractivity contribution in [3.63, 3.8) is 0 Å². The van der Waals surface area contributed by atoms with Gasteiger partial charge in [0.15, 0.2) is 0 Å². The first-order valence-electron chi connectivity index (χ1n) is 5.19. The van der Waals surface area contributed by atoms with Crippen molar-refractivity contribution < 1.29 is 8.42 Å². The molecule has 1 aromatic heterocycles. The van der Waals surface area contributed by atoms with E-state index in [9.17, 15) is 8.42 Å². The summed E-state index contributed by atoms with van der Waals surface area (Å²) >= 11 is 10.7. The van der Waals surface area contributed by atoms with Crippen molar-refractivity contribution in [1.29, 1.82) is 0 Å². The van der Waals surface area contributed by atoms with Gasteiger partial charge in [-0.15, -0.1) is 11.3 Å². The second-order valence-electron chi connectivity index (χ2n) is 3.87. The second kappa shape index (κ2) is 6.52. The van der Waals surface area contributed by atoms with Gasteiger partial charge in [-0.05, 0) is 35.0 Å². The summed E-state index contributed by atoms with van der Waals surface area (Å²) in [6, 6.07) is 1.70. The predicted molar refractivity (Wildman–Crippen MR) is 77.8 cm³/mol. The number of hydrogen-bond acceptors (Lipinski definition) is 4. The first-order valence-corrected chi connectivity index (χ1v) is 9.24. The maximum atomic E-state index is 11.4. The van der Waals surface area contributed by atoms with Gasteiger partial charge in [0.1, 0.15) is 14.2 Å². The third-order valence-electron chi connectivity index (χ3n) is 2.12. The molecule has 0 saturated carbocycles. The molecular formula is C10H15BrClNO2S2. The van der Waals surface area contributed by atoms with E-state index in [-0.39, 0.29) is 11.8 Å². The number of rotatable bonds is 6. The fraction of sp³-hybridized carbons (Fsp3) is 0.600. The molecule has 1 heterocycles. The average molecular weight is 361 g/mol. The standard InChI is InChI=1S/C10H15BrClNO2S2/c1-3-4-13-8(6-17(2,14)15)9-5-7(11)10(12)16-9/h5,8,13H,3-4,6H2,1-2H3. The number of thiophene rings is 1. The zero-order valence-corrected chi connectivity index (χ0v) is 13.6. The van der Waals surface area contributed by atoms with Crippen molar-refractivity contribution >= 4 is 48.7 Å². The van der Waals surface area contributed by atoms with Crippen LogP contribution in [-0.4, -0.2) is 27.0 Å². The molecule has 0 fully saturated rings. The number of halogens is 2. The molecule has 1 atom stereocenters. The summed E-state index contributed by atoms with van der Waals surface area (Å²) in [4.78, 5) is 0.945. The highest BCUT2D eigenvalue weighted by molar-refractivity contribution is 9.10. The molecule has 17 heavy (non-hydrogen) atoms. The van der Waals surface area contributed by atoms with E-state index in [2.05, 4.69) is 21.2 Å². The van der Waals surface area contributed by atoms with E-state index < -0.39 is 9.84 Å². The quantitative estimate of drug-likeness (QED) is 0.847. The van der Waals surface area contributed by atoms with Crippen LogP contribution in [0.1, 0.15) is 24.3 Å². The summed E-state index contributed by atoms with van der Waals surface area (Å²) in [7, 11) is -3.02. The van der Waals surface area contributed by atoms with Crippen LogP contribution in [0.15, 0.2) is 10.5 Å². The molecule has 1 N–H and O–H groups in total. The van der Waals surface area contributed by atoms with E-state index in [0.29, 0.717) is 4.34 Å². The van der Waals surface area contributed by atoms with Crippen LogP contribution in [0.25, 0.3) is 0 Å². The molecule has 0 aliphatic heterocycles. The third kappa shape index (κ3) is 5.26. The highest BCUT2D eigenvalue weighted by Crippen LogP contribution is 2.35. The summed E-state index contributed by atoms with van der Waals surface area (Å²) in [5.41, 5.74) is 0. The maximum absolute atomic E-state index is 11.4. The smallest absolute Gasteiger partial charge is 0.149 e. The van der Waals surface area contributed by atoms with Gasteiger partial charge in [-0.2, -0.15) is 0 Å². The third-order valence-corrected chi connectivity index (χ3v) is 5.65. The highest BCUT2D eigenvalue weighted by Gasteiger charge is 2.19. The van der Waals surface area contributed by atoms with Crippen LogP contribution in [0, 0.1) is 0 Å². The van der Waals surface area contributed by atoms with Gasteiger partial charge in [0.25, 0.3) is 0 Å². The lowest BCUT2D eigenvalue weighted by Crippen LogP contribution is -2.27. The number of sulfone groups is 1. The molecule has 98 valence electrons. The molecule has 0 spiro atoms. The molecule has 1 aromatic rings. The maximum Gasteiger partial charge on any atom is 0.149 e. The van der Waals surface area contributed by atoms with Crippen LogP contribution in [0.5, 0.6) is 0 Å². The van der Waals surface area contributed by atoms with E-state index in [1.54, 1.807) is 0 Å². The van der Waals surface area contributed by atoms with Gasteiger partial charge in [-0.1, -0.05) is 18.5 Å².